The van der Waals surface area contributed by atoms with Crippen molar-refractivity contribution < 1.29 is 12.6 Å². The van der Waals surface area contributed by atoms with Gasteiger partial charge >= 0.3 is 10.1 Å². The Hall–Kier alpha value is -2.34. The molecule has 0 radical (unpaired) electrons. The first-order valence-corrected chi connectivity index (χ1v) is 10.9. The molecule has 2 aromatic rings. The zero-order valence-corrected chi connectivity index (χ0v) is 16.2. The van der Waals surface area contributed by atoms with E-state index >= 15 is 0 Å². The van der Waals surface area contributed by atoms with Gasteiger partial charge in [-0.2, -0.15) is 8.42 Å². The predicted molar refractivity (Wildman–Crippen MR) is 108 cm³/mol. The van der Waals surface area contributed by atoms with Crippen LogP contribution < -0.4 is 9.92 Å². The van der Waals surface area contributed by atoms with Gasteiger partial charge in [-0.1, -0.05) is 55.7 Å². The van der Waals surface area contributed by atoms with Crippen molar-refractivity contribution in [3.8, 4) is 5.75 Å². The summed E-state index contributed by atoms with van der Waals surface area (Å²) in [5.74, 6) is 0.747. The Bertz CT molecular complexity index is 869. The molecule has 0 spiro atoms. The number of nitrogens with one attached hydrogen (secondary N) is 1. The second-order valence-corrected chi connectivity index (χ2v) is 8.86. The number of amidine groups is 1. The van der Waals surface area contributed by atoms with Gasteiger partial charge in [0.15, 0.2) is 0 Å². The lowest BCUT2D eigenvalue weighted by atomic mass is 9.91. The van der Waals surface area contributed by atoms with Crippen LogP contribution in [-0.4, -0.2) is 20.0 Å². The molecule has 6 heteroatoms. The van der Waals surface area contributed by atoms with Crippen LogP contribution in [0.15, 0.2) is 48.5 Å². The highest BCUT2D eigenvalue weighted by Gasteiger charge is 2.22. The molecule has 0 amide bonds. The van der Waals surface area contributed by atoms with E-state index in [1.54, 1.807) is 12.1 Å². The highest BCUT2D eigenvalue weighted by Crippen LogP contribution is 2.26. The van der Waals surface area contributed by atoms with Crippen LogP contribution in [0.3, 0.4) is 0 Å². The van der Waals surface area contributed by atoms with Crippen LogP contribution in [-0.2, 0) is 16.5 Å². The van der Waals surface area contributed by atoms with Gasteiger partial charge in [0.25, 0.3) is 0 Å². The zero-order chi connectivity index (χ0) is 19.3. The summed E-state index contributed by atoms with van der Waals surface area (Å²) in [6, 6.07) is 14.7. The van der Waals surface area contributed by atoms with E-state index in [0.29, 0.717) is 17.7 Å². The number of hydrogen-bond acceptors (Lipinski definition) is 4. The molecule has 0 aliphatic heterocycles. The molecule has 144 valence electrons. The van der Waals surface area contributed by atoms with Crippen molar-refractivity contribution in [3.05, 3.63) is 65.2 Å². The third kappa shape index (κ3) is 5.82. The molecule has 3 rings (SSSR count). The molecule has 2 aromatic carbocycles. The van der Waals surface area contributed by atoms with E-state index in [1.165, 1.54) is 6.42 Å². The van der Waals surface area contributed by atoms with E-state index in [-0.39, 0.29) is 17.5 Å². The number of nitrogen functional groups attached to an aromatic ring is 1. The molecule has 3 N–H and O–H groups in total. The van der Waals surface area contributed by atoms with Gasteiger partial charge < -0.3 is 9.92 Å². The van der Waals surface area contributed by atoms with E-state index in [4.69, 9.17) is 15.3 Å². The molecule has 1 fully saturated rings. The molecule has 0 aromatic heterocycles. The van der Waals surface area contributed by atoms with Crippen molar-refractivity contribution in [1.29, 1.82) is 5.41 Å². The van der Waals surface area contributed by atoms with Crippen molar-refractivity contribution in [1.82, 2.24) is 0 Å². The van der Waals surface area contributed by atoms with E-state index in [1.807, 2.05) is 36.4 Å². The SMILES string of the molecule is N=C(N)c1ccc(Cc2ccc(OS(=O)(=O)CC3CCCCC3)cc2)cc1. The van der Waals surface area contributed by atoms with Gasteiger partial charge in [0.2, 0.25) is 0 Å². The fraction of sp³-hybridized carbons (Fsp3) is 0.381. The molecule has 27 heavy (non-hydrogen) atoms. The lowest BCUT2D eigenvalue weighted by molar-refractivity contribution is 0.375. The molecular formula is C21H26N2O3S. The Kier molecular flexibility index (Phi) is 6.16. The van der Waals surface area contributed by atoms with Crippen molar-refractivity contribution in [2.24, 2.45) is 11.7 Å². The second kappa shape index (κ2) is 8.57. The van der Waals surface area contributed by atoms with Crippen molar-refractivity contribution in [3.63, 3.8) is 0 Å². The molecule has 0 saturated heterocycles. The number of hydrogen-bond donors (Lipinski definition) is 2. The zero-order valence-electron chi connectivity index (χ0n) is 15.4. The molecule has 0 atom stereocenters. The molecule has 0 unspecified atom stereocenters. The first-order valence-electron chi connectivity index (χ1n) is 9.36. The molecule has 1 aliphatic rings. The summed E-state index contributed by atoms with van der Waals surface area (Å²) in [5.41, 5.74) is 8.32. The Morgan fingerprint density at radius 2 is 1.52 bits per heavy atom. The first kappa shape index (κ1) is 19.4. The summed E-state index contributed by atoms with van der Waals surface area (Å²) in [5, 5.41) is 7.42. The van der Waals surface area contributed by atoms with E-state index in [9.17, 15) is 8.42 Å². The van der Waals surface area contributed by atoms with Crippen LogP contribution in [0.5, 0.6) is 5.75 Å². The maximum absolute atomic E-state index is 12.3. The van der Waals surface area contributed by atoms with Gasteiger partial charge in [-0.3, -0.25) is 5.41 Å². The number of rotatable bonds is 7. The Morgan fingerprint density at radius 1 is 0.963 bits per heavy atom. The van der Waals surface area contributed by atoms with Crippen molar-refractivity contribution in [2.45, 2.75) is 38.5 Å². The van der Waals surface area contributed by atoms with Crippen LogP contribution >= 0.6 is 0 Å². The monoisotopic (exact) mass is 386 g/mol. The lowest BCUT2D eigenvalue weighted by Gasteiger charge is -2.21. The molecule has 1 aliphatic carbocycles. The van der Waals surface area contributed by atoms with Crippen LogP contribution in [0.1, 0.15) is 48.8 Å². The summed E-state index contributed by atoms with van der Waals surface area (Å²) in [4.78, 5) is 0. The van der Waals surface area contributed by atoms with Crippen molar-refractivity contribution >= 4 is 16.0 Å². The quantitative estimate of drug-likeness (QED) is 0.429. The van der Waals surface area contributed by atoms with Crippen LogP contribution in [0.2, 0.25) is 0 Å². The van der Waals surface area contributed by atoms with E-state index in [2.05, 4.69) is 0 Å². The van der Waals surface area contributed by atoms with E-state index in [0.717, 1.165) is 36.8 Å². The summed E-state index contributed by atoms with van der Waals surface area (Å²) in [6.07, 6.45) is 6.10. The minimum atomic E-state index is -3.55. The highest BCUT2D eigenvalue weighted by molar-refractivity contribution is 7.87. The molecule has 0 bridgehead atoms. The Balaban J connectivity index is 1.58. The smallest absolute Gasteiger partial charge is 0.309 e. The summed E-state index contributed by atoms with van der Waals surface area (Å²) >= 11 is 0. The Morgan fingerprint density at radius 3 is 2.07 bits per heavy atom. The number of nitrogens with two attached hydrogens (primary N) is 1. The fourth-order valence-corrected chi connectivity index (χ4v) is 4.91. The molecular weight excluding hydrogens is 360 g/mol. The minimum absolute atomic E-state index is 0.0532. The van der Waals surface area contributed by atoms with Gasteiger partial charge in [-0.25, -0.2) is 0 Å². The highest BCUT2D eigenvalue weighted by atomic mass is 32.2. The third-order valence-corrected chi connectivity index (χ3v) is 6.31. The van der Waals surface area contributed by atoms with Gasteiger partial charge in [-0.15, -0.1) is 0 Å². The van der Waals surface area contributed by atoms with E-state index < -0.39 is 10.1 Å². The minimum Gasteiger partial charge on any atom is -0.384 e. The molecule has 1 saturated carbocycles. The normalized spacial score (nSPS) is 15.4. The third-order valence-electron chi connectivity index (χ3n) is 4.98. The lowest BCUT2D eigenvalue weighted by Crippen LogP contribution is -2.22. The molecule has 5 nitrogen and oxygen atoms in total. The van der Waals surface area contributed by atoms with Crippen LogP contribution in [0, 0.1) is 11.3 Å². The molecule has 0 heterocycles. The number of benzene rings is 2. The van der Waals surface area contributed by atoms with Gasteiger partial charge in [0.1, 0.15) is 11.6 Å². The van der Waals surface area contributed by atoms with Crippen molar-refractivity contribution in [2.75, 3.05) is 5.75 Å². The fourth-order valence-electron chi connectivity index (χ4n) is 3.52. The second-order valence-electron chi connectivity index (χ2n) is 7.24. The van der Waals surface area contributed by atoms with Gasteiger partial charge in [0, 0.05) is 5.56 Å². The summed E-state index contributed by atoms with van der Waals surface area (Å²) < 4.78 is 29.8. The summed E-state index contributed by atoms with van der Waals surface area (Å²) in [6.45, 7) is 0. The largest absolute Gasteiger partial charge is 0.384 e. The Labute approximate surface area is 161 Å². The van der Waals surface area contributed by atoms with Crippen LogP contribution in [0.4, 0.5) is 0 Å². The topological polar surface area (TPSA) is 93.2 Å². The first-order chi connectivity index (χ1) is 12.9. The average molecular weight is 387 g/mol. The average Bonchev–Trinajstić information content (AvgIpc) is 2.64. The standard InChI is InChI=1S/C21H26N2O3S/c22-21(23)19-10-6-16(7-11-19)14-17-8-12-20(13-9-17)26-27(24,25)15-18-4-2-1-3-5-18/h6-13,18H,1-5,14-15H2,(H3,22,23). The maximum Gasteiger partial charge on any atom is 0.309 e. The van der Waals surface area contributed by atoms with Crippen LogP contribution in [0.25, 0.3) is 0 Å². The predicted octanol–water partition coefficient (Wildman–Crippen LogP) is 3.85. The summed E-state index contributed by atoms with van der Waals surface area (Å²) in [7, 11) is -3.55. The van der Waals surface area contributed by atoms with Gasteiger partial charge in [-0.05, 0) is 48.4 Å². The maximum atomic E-state index is 12.3. The van der Waals surface area contributed by atoms with Gasteiger partial charge in [0.05, 0.1) is 5.75 Å².